The van der Waals surface area contributed by atoms with Crippen molar-refractivity contribution < 1.29 is 13.5 Å². The van der Waals surface area contributed by atoms with Gasteiger partial charge in [0, 0.05) is 12.6 Å². The van der Waals surface area contributed by atoms with Crippen molar-refractivity contribution in [1.82, 2.24) is 4.31 Å². The Balaban J connectivity index is 2.28. The van der Waals surface area contributed by atoms with Crippen molar-refractivity contribution in [1.29, 1.82) is 0 Å². The highest BCUT2D eigenvalue weighted by molar-refractivity contribution is 7.89. The van der Waals surface area contributed by atoms with Gasteiger partial charge in [-0.05, 0) is 31.9 Å². The molecular weight excluding hydrogens is 274 g/mol. The first-order chi connectivity index (χ1) is 9.55. The van der Waals surface area contributed by atoms with E-state index in [1.807, 2.05) is 19.1 Å². The molecular formula is C15H23NO3S. The van der Waals surface area contributed by atoms with Crippen LogP contribution in [0.3, 0.4) is 0 Å². The molecule has 2 rings (SSSR count). The van der Waals surface area contributed by atoms with Crippen LogP contribution in [0.15, 0.2) is 29.2 Å². The largest absolute Gasteiger partial charge is 0.395 e. The van der Waals surface area contributed by atoms with E-state index in [2.05, 4.69) is 0 Å². The fourth-order valence-electron chi connectivity index (χ4n) is 2.81. The minimum atomic E-state index is -3.51. The Morgan fingerprint density at radius 2 is 1.75 bits per heavy atom. The van der Waals surface area contributed by atoms with Gasteiger partial charge in [-0.1, -0.05) is 37.0 Å². The average Bonchev–Trinajstić information content (AvgIpc) is 2.46. The Morgan fingerprint density at radius 1 is 1.15 bits per heavy atom. The molecule has 1 aliphatic rings. The standard InChI is InChI=1S/C15H23NO3S/c1-13-7-9-15(10-8-13)20(18,19)16(11-12-17)14-5-3-2-4-6-14/h7-10,14,17H,2-6,11-12H2,1H3. The van der Waals surface area contributed by atoms with Crippen molar-refractivity contribution in [2.45, 2.75) is 50.0 Å². The molecule has 1 N–H and O–H groups in total. The number of nitrogens with zero attached hydrogens (tertiary/aromatic N) is 1. The van der Waals surface area contributed by atoms with Crippen LogP contribution in [0.1, 0.15) is 37.7 Å². The zero-order chi connectivity index (χ0) is 14.6. The highest BCUT2D eigenvalue weighted by Gasteiger charge is 2.31. The summed E-state index contributed by atoms with van der Waals surface area (Å²) in [6.45, 7) is 1.98. The molecule has 0 amide bonds. The molecule has 20 heavy (non-hydrogen) atoms. The Kier molecular flexibility index (Phi) is 5.18. The van der Waals surface area contributed by atoms with Crippen LogP contribution in [0, 0.1) is 6.92 Å². The Morgan fingerprint density at radius 3 is 2.30 bits per heavy atom. The van der Waals surface area contributed by atoms with Gasteiger partial charge in [0.2, 0.25) is 10.0 Å². The molecule has 5 heteroatoms. The lowest BCUT2D eigenvalue weighted by Crippen LogP contribution is -2.43. The molecule has 0 spiro atoms. The fraction of sp³-hybridized carbons (Fsp3) is 0.600. The molecule has 1 aliphatic carbocycles. The lowest BCUT2D eigenvalue weighted by atomic mass is 9.95. The summed E-state index contributed by atoms with van der Waals surface area (Å²) in [6, 6.07) is 6.95. The number of aliphatic hydroxyl groups excluding tert-OH is 1. The summed E-state index contributed by atoms with van der Waals surface area (Å²) in [5.74, 6) is 0. The van der Waals surface area contributed by atoms with Crippen molar-refractivity contribution in [2.24, 2.45) is 0 Å². The molecule has 1 aromatic rings. The van der Waals surface area contributed by atoms with Crippen molar-refractivity contribution in [3.05, 3.63) is 29.8 Å². The zero-order valence-electron chi connectivity index (χ0n) is 12.0. The number of benzene rings is 1. The molecule has 4 nitrogen and oxygen atoms in total. The number of rotatable bonds is 5. The summed E-state index contributed by atoms with van der Waals surface area (Å²) in [4.78, 5) is 0.321. The molecule has 0 bridgehead atoms. The first-order valence-electron chi connectivity index (χ1n) is 7.25. The molecule has 0 unspecified atom stereocenters. The van der Waals surface area contributed by atoms with E-state index >= 15 is 0 Å². The lowest BCUT2D eigenvalue weighted by molar-refractivity contribution is 0.199. The minimum Gasteiger partial charge on any atom is -0.395 e. The molecule has 0 saturated heterocycles. The minimum absolute atomic E-state index is 0.0298. The molecule has 0 aliphatic heterocycles. The first kappa shape index (κ1) is 15.5. The Bertz CT molecular complexity index is 519. The molecule has 1 aromatic carbocycles. The van der Waals surface area contributed by atoms with Gasteiger partial charge >= 0.3 is 0 Å². The summed E-state index contributed by atoms with van der Waals surface area (Å²) in [5.41, 5.74) is 1.04. The maximum atomic E-state index is 12.7. The molecule has 0 radical (unpaired) electrons. The van der Waals surface area contributed by atoms with Crippen molar-refractivity contribution in [2.75, 3.05) is 13.2 Å². The number of aryl methyl sites for hydroxylation is 1. The molecule has 1 fully saturated rings. The van der Waals surface area contributed by atoms with Gasteiger partial charge in [-0.25, -0.2) is 8.42 Å². The van der Waals surface area contributed by atoms with Crippen molar-refractivity contribution in [3.8, 4) is 0 Å². The number of sulfonamides is 1. The van der Waals surface area contributed by atoms with E-state index in [-0.39, 0.29) is 19.2 Å². The second-order valence-electron chi connectivity index (χ2n) is 5.44. The maximum absolute atomic E-state index is 12.7. The van der Waals surface area contributed by atoms with Gasteiger partial charge in [-0.15, -0.1) is 0 Å². The van der Waals surface area contributed by atoms with Crippen LogP contribution >= 0.6 is 0 Å². The summed E-state index contributed by atoms with van der Waals surface area (Å²) in [5, 5.41) is 9.22. The second-order valence-corrected chi connectivity index (χ2v) is 7.33. The monoisotopic (exact) mass is 297 g/mol. The van der Waals surface area contributed by atoms with Gasteiger partial charge in [-0.2, -0.15) is 4.31 Å². The predicted molar refractivity (Wildman–Crippen MR) is 79.0 cm³/mol. The SMILES string of the molecule is Cc1ccc(S(=O)(=O)N(CCO)C2CCCCC2)cc1. The van der Waals surface area contributed by atoms with E-state index in [1.165, 1.54) is 10.7 Å². The summed E-state index contributed by atoms with van der Waals surface area (Å²) >= 11 is 0. The third kappa shape index (κ3) is 3.40. The first-order valence-corrected chi connectivity index (χ1v) is 8.69. The van der Waals surface area contributed by atoms with Crippen LogP contribution < -0.4 is 0 Å². The third-order valence-electron chi connectivity index (χ3n) is 3.93. The maximum Gasteiger partial charge on any atom is 0.243 e. The van der Waals surface area contributed by atoms with Crippen LogP contribution in [0.2, 0.25) is 0 Å². The van der Waals surface area contributed by atoms with Crippen molar-refractivity contribution >= 4 is 10.0 Å². The van der Waals surface area contributed by atoms with Crippen molar-refractivity contribution in [3.63, 3.8) is 0 Å². The van der Waals surface area contributed by atoms with E-state index in [9.17, 15) is 13.5 Å². The predicted octanol–water partition coefficient (Wildman–Crippen LogP) is 2.31. The van der Waals surface area contributed by atoms with Gasteiger partial charge in [0.1, 0.15) is 0 Å². The van der Waals surface area contributed by atoms with E-state index in [0.717, 1.165) is 31.2 Å². The van der Waals surface area contributed by atoms with Crippen LogP contribution in [0.25, 0.3) is 0 Å². The highest BCUT2D eigenvalue weighted by atomic mass is 32.2. The normalized spacial score (nSPS) is 17.6. The quantitative estimate of drug-likeness (QED) is 0.907. The molecule has 112 valence electrons. The van der Waals surface area contributed by atoms with E-state index < -0.39 is 10.0 Å². The molecule has 0 atom stereocenters. The smallest absolute Gasteiger partial charge is 0.243 e. The molecule has 0 heterocycles. The lowest BCUT2D eigenvalue weighted by Gasteiger charge is -2.33. The number of hydrogen-bond acceptors (Lipinski definition) is 3. The Labute approximate surface area is 121 Å². The van der Waals surface area contributed by atoms with Gasteiger partial charge in [0.25, 0.3) is 0 Å². The van der Waals surface area contributed by atoms with Crippen LogP contribution in [-0.4, -0.2) is 37.0 Å². The van der Waals surface area contributed by atoms with Crippen LogP contribution in [-0.2, 0) is 10.0 Å². The van der Waals surface area contributed by atoms with Crippen LogP contribution in [0.5, 0.6) is 0 Å². The molecule has 1 saturated carbocycles. The van der Waals surface area contributed by atoms with Gasteiger partial charge in [0.05, 0.1) is 11.5 Å². The summed E-state index contributed by atoms with van der Waals surface area (Å²) < 4.78 is 27.0. The summed E-state index contributed by atoms with van der Waals surface area (Å²) in [7, 11) is -3.51. The van der Waals surface area contributed by atoms with Gasteiger partial charge in [-0.3, -0.25) is 0 Å². The van der Waals surface area contributed by atoms with E-state index in [1.54, 1.807) is 12.1 Å². The summed E-state index contributed by atoms with van der Waals surface area (Å²) in [6.07, 6.45) is 5.09. The van der Waals surface area contributed by atoms with E-state index in [4.69, 9.17) is 0 Å². The Hall–Kier alpha value is -0.910. The topological polar surface area (TPSA) is 57.6 Å². The number of hydrogen-bond donors (Lipinski definition) is 1. The van der Waals surface area contributed by atoms with Crippen LogP contribution in [0.4, 0.5) is 0 Å². The average molecular weight is 297 g/mol. The number of aliphatic hydroxyl groups is 1. The molecule has 0 aromatic heterocycles. The third-order valence-corrected chi connectivity index (χ3v) is 5.90. The van der Waals surface area contributed by atoms with E-state index in [0.29, 0.717) is 4.90 Å². The van der Waals surface area contributed by atoms with Gasteiger partial charge < -0.3 is 5.11 Å². The fourth-order valence-corrected chi connectivity index (χ4v) is 4.49. The second kappa shape index (κ2) is 6.70. The van der Waals surface area contributed by atoms with Gasteiger partial charge in [0.15, 0.2) is 0 Å². The highest BCUT2D eigenvalue weighted by Crippen LogP contribution is 2.27. The zero-order valence-corrected chi connectivity index (χ0v) is 12.8.